The largest absolute Gasteiger partial charge is 0.468 e. The van der Waals surface area contributed by atoms with Crippen molar-refractivity contribution in [2.75, 3.05) is 14.2 Å². The monoisotopic (exact) mass is 290 g/mol. The summed E-state index contributed by atoms with van der Waals surface area (Å²) in [6.07, 6.45) is 5.36. The van der Waals surface area contributed by atoms with Crippen molar-refractivity contribution >= 4 is 18.0 Å². The van der Waals surface area contributed by atoms with Gasteiger partial charge in [0.15, 0.2) is 5.92 Å². The summed E-state index contributed by atoms with van der Waals surface area (Å²) in [5, 5.41) is 0. The van der Waals surface area contributed by atoms with Crippen LogP contribution in [0.15, 0.2) is 36.4 Å². The van der Waals surface area contributed by atoms with Gasteiger partial charge in [0.05, 0.1) is 14.2 Å². The van der Waals surface area contributed by atoms with Crippen LogP contribution in [-0.2, 0) is 19.1 Å². The van der Waals surface area contributed by atoms with Crippen LogP contribution < -0.4 is 0 Å². The fourth-order valence-corrected chi connectivity index (χ4v) is 2.21. The third kappa shape index (κ3) is 5.06. The zero-order chi connectivity index (χ0) is 15.7. The summed E-state index contributed by atoms with van der Waals surface area (Å²) in [6, 6.07) is 9.74. The number of allylic oxidation sites excluding steroid dienone is 1. The normalized spacial score (nSPS) is 12.4. The quantitative estimate of drug-likeness (QED) is 0.572. The molecular formula is C17H22O4. The summed E-state index contributed by atoms with van der Waals surface area (Å²) in [5.74, 6) is -2.27. The van der Waals surface area contributed by atoms with Crippen LogP contribution in [0, 0.1) is 11.8 Å². The van der Waals surface area contributed by atoms with Crippen LogP contribution in [0.2, 0.25) is 0 Å². The first-order valence-electron chi connectivity index (χ1n) is 7.03. The number of ether oxygens (including phenoxy) is 2. The Balaban J connectivity index is 2.98. The second-order valence-electron chi connectivity index (χ2n) is 4.75. The van der Waals surface area contributed by atoms with Crippen LogP contribution in [0.1, 0.15) is 25.3 Å². The van der Waals surface area contributed by atoms with E-state index in [2.05, 4.69) is 0 Å². The summed E-state index contributed by atoms with van der Waals surface area (Å²) in [7, 11) is 2.56. The maximum Gasteiger partial charge on any atom is 0.320 e. The second kappa shape index (κ2) is 8.95. The molecule has 114 valence electrons. The molecule has 0 heterocycles. The van der Waals surface area contributed by atoms with Gasteiger partial charge in [-0.2, -0.15) is 0 Å². The summed E-state index contributed by atoms with van der Waals surface area (Å²) in [6.45, 7) is 2.01. The molecule has 4 nitrogen and oxygen atoms in total. The van der Waals surface area contributed by atoms with E-state index in [1.54, 1.807) is 0 Å². The van der Waals surface area contributed by atoms with Crippen LogP contribution in [0.5, 0.6) is 0 Å². The predicted octanol–water partition coefficient (Wildman–Crippen LogP) is 3.08. The maximum atomic E-state index is 11.9. The lowest BCUT2D eigenvalue weighted by atomic mass is 9.87. The van der Waals surface area contributed by atoms with Crippen molar-refractivity contribution in [2.24, 2.45) is 11.8 Å². The van der Waals surface area contributed by atoms with E-state index in [9.17, 15) is 9.59 Å². The first-order valence-corrected chi connectivity index (χ1v) is 7.03. The fourth-order valence-electron chi connectivity index (χ4n) is 2.21. The van der Waals surface area contributed by atoms with E-state index in [0.29, 0.717) is 6.42 Å². The summed E-state index contributed by atoms with van der Waals surface area (Å²) >= 11 is 0. The molecule has 0 unspecified atom stereocenters. The SMILES string of the molecule is CCC[C@@H](/C=C/c1ccccc1)C(C(=O)OC)C(=O)OC. The smallest absolute Gasteiger partial charge is 0.320 e. The molecule has 0 bridgehead atoms. The van der Waals surface area contributed by atoms with Gasteiger partial charge in [-0.15, -0.1) is 0 Å². The van der Waals surface area contributed by atoms with Crippen molar-refractivity contribution in [1.82, 2.24) is 0 Å². The van der Waals surface area contributed by atoms with Gasteiger partial charge in [-0.05, 0) is 12.0 Å². The lowest BCUT2D eigenvalue weighted by Gasteiger charge is -2.20. The highest BCUT2D eigenvalue weighted by molar-refractivity contribution is 5.95. The molecular weight excluding hydrogens is 268 g/mol. The van der Waals surface area contributed by atoms with Gasteiger partial charge in [-0.3, -0.25) is 9.59 Å². The van der Waals surface area contributed by atoms with E-state index in [1.165, 1.54) is 14.2 Å². The van der Waals surface area contributed by atoms with Crippen molar-refractivity contribution in [1.29, 1.82) is 0 Å². The van der Waals surface area contributed by atoms with Crippen LogP contribution in [0.3, 0.4) is 0 Å². The second-order valence-corrected chi connectivity index (χ2v) is 4.75. The van der Waals surface area contributed by atoms with Crippen LogP contribution >= 0.6 is 0 Å². The molecule has 0 saturated carbocycles. The van der Waals surface area contributed by atoms with E-state index in [-0.39, 0.29) is 5.92 Å². The molecule has 1 aromatic rings. The predicted molar refractivity (Wildman–Crippen MR) is 81.4 cm³/mol. The maximum absolute atomic E-state index is 11.9. The summed E-state index contributed by atoms with van der Waals surface area (Å²) in [5.41, 5.74) is 1.02. The zero-order valence-electron chi connectivity index (χ0n) is 12.7. The minimum Gasteiger partial charge on any atom is -0.468 e. The Labute approximate surface area is 125 Å². The Morgan fingerprint density at radius 1 is 1.10 bits per heavy atom. The first kappa shape index (κ1) is 17.0. The third-order valence-electron chi connectivity index (χ3n) is 3.30. The molecule has 0 aliphatic heterocycles. The van der Waals surface area contributed by atoms with Crippen LogP contribution in [-0.4, -0.2) is 26.2 Å². The van der Waals surface area contributed by atoms with E-state index < -0.39 is 17.9 Å². The molecule has 0 saturated heterocycles. The minimum atomic E-state index is -0.917. The Bertz CT molecular complexity index is 463. The summed E-state index contributed by atoms with van der Waals surface area (Å²) in [4.78, 5) is 23.8. The average molecular weight is 290 g/mol. The Kier molecular flexibility index (Phi) is 7.23. The number of methoxy groups -OCH3 is 2. The van der Waals surface area contributed by atoms with Crippen molar-refractivity contribution < 1.29 is 19.1 Å². The molecule has 4 heteroatoms. The number of carbonyl (C=O) groups excluding carboxylic acids is 2. The topological polar surface area (TPSA) is 52.6 Å². The zero-order valence-corrected chi connectivity index (χ0v) is 12.7. The Hall–Kier alpha value is -2.10. The van der Waals surface area contributed by atoms with E-state index in [4.69, 9.17) is 9.47 Å². The molecule has 0 N–H and O–H groups in total. The Morgan fingerprint density at radius 3 is 2.14 bits per heavy atom. The number of rotatable bonds is 7. The molecule has 0 spiro atoms. The molecule has 1 aromatic carbocycles. The highest BCUT2D eigenvalue weighted by atomic mass is 16.5. The van der Waals surface area contributed by atoms with Gasteiger partial charge in [0, 0.05) is 5.92 Å². The van der Waals surface area contributed by atoms with Crippen molar-refractivity contribution in [3.8, 4) is 0 Å². The number of esters is 2. The molecule has 0 fully saturated rings. The number of hydrogen-bond acceptors (Lipinski definition) is 4. The number of hydrogen-bond donors (Lipinski definition) is 0. The van der Waals surface area contributed by atoms with Gasteiger partial charge in [-0.25, -0.2) is 0 Å². The number of benzene rings is 1. The molecule has 0 radical (unpaired) electrons. The highest BCUT2D eigenvalue weighted by Gasteiger charge is 2.34. The molecule has 21 heavy (non-hydrogen) atoms. The van der Waals surface area contributed by atoms with E-state index in [1.807, 2.05) is 49.4 Å². The summed E-state index contributed by atoms with van der Waals surface area (Å²) < 4.78 is 9.48. The standard InChI is InChI=1S/C17H22O4/c1-4-8-14(12-11-13-9-6-5-7-10-13)15(16(18)20-2)17(19)21-3/h5-7,9-12,14-15H,4,8H2,1-3H3/b12-11+/t14-/m0/s1. The van der Waals surface area contributed by atoms with E-state index >= 15 is 0 Å². The van der Waals surface area contributed by atoms with Crippen molar-refractivity contribution in [3.05, 3.63) is 42.0 Å². The highest BCUT2D eigenvalue weighted by Crippen LogP contribution is 2.23. The molecule has 0 aromatic heterocycles. The fraction of sp³-hybridized carbons (Fsp3) is 0.412. The van der Waals surface area contributed by atoms with Gasteiger partial charge in [0.1, 0.15) is 0 Å². The van der Waals surface area contributed by atoms with Gasteiger partial charge < -0.3 is 9.47 Å². The van der Waals surface area contributed by atoms with E-state index in [0.717, 1.165) is 12.0 Å². The lowest BCUT2D eigenvalue weighted by molar-refractivity contribution is -0.160. The molecule has 0 aliphatic rings. The van der Waals surface area contributed by atoms with Crippen LogP contribution in [0.4, 0.5) is 0 Å². The average Bonchev–Trinajstić information content (AvgIpc) is 2.53. The molecule has 1 rings (SSSR count). The lowest BCUT2D eigenvalue weighted by Crippen LogP contribution is -2.32. The van der Waals surface area contributed by atoms with Gasteiger partial charge in [0.25, 0.3) is 0 Å². The molecule has 0 amide bonds. The van der Waals surface area contributed by atoms with Crippen molar-refractivity contribution in [3.63, 3.8) is 0 Å². The van der Waals surface area contributed by atoms with Gasteiger partial charge in [0.2, 0.25) is 0 Å². The van der Waals surface area contributed by atoms with Gasteiger partial charge in [-0.1, -0.05) is 55.8 Å². The minimum absolute atomic E-state index is 0.241. The Morgan fingerprint density at radius 2 is 1.67 bits per heavy atom. The van der Waals surface area contributed by atoms with Crippen molar-refractivity contribution in [2.45, 2.75) is 19.8 Å². The molecule has 0 aliphatic carbocycles. The molecule has 1 atom stereocenters. The first-order chi connectivity index (χ1) is 10.1. The number of carbonyl (C=O) groups is 2. The third-order valence-corrected chi connectivity index (χ3v) is 3.30. The van der Waals surface area contributed by atoms with Gasteiger partial charge >= 0.3 is 11.9 Å². The van der Waals surface area contributed by atoms with Crippen LogP contribution in [0.25, 0.3) is 6.08 Å².